The maximum absolute atomic E-state index is 10.6. The Morgan fingerprint density at radius 3 is 2.50 bits per heavy atom. The second kappa shape index (κ2) is 1.90. The molecule has 0 aromatic carbocycles. The molecule has 0 heterocycles. The van der Waals surface area contributed by atoms with Crippen LogP contribution in [-0.4, -0.2) is 11.2 Å². The summed E-state index contributed by atoms with van der Waals surface area (Å²) in [6, 6.07) is 0. The molecule has 0 fully saturated rings. The number of halogens is 1. The molecule has 0 amide bonds. The lowest BCUT2D eigenvalue weighted by Gasteiger charge is -2.01. The van der Waals surface area contributed by atoms with Crippen molar-refractivity contribution in [2.24, 2.45) is 5.92 Å². The van der Waals surface area contributed by atoms with E-state index in [1.165, 1.54) is 0 Å². The predicted molar refractivity (Wildman–Crippen MR) is 33.0 cm³/mol. The van der Waals surface area contributed by atoms with Gasteiger partial charge in [-0.15, -0.1) is 11.6 Å². The second-order valence-corrected chi connectivity index (χ2v) is 2.49. The van der Waals surface area contributed by atoms with Gasteiger partial charge in [-0.05, 0) is 12.0 Å². The van der Waals surface area contributed by atoms with Crippen LogP contribution in [0.2, 0.25) is 0 Å². The monoisotopic (exact) mass is 130 g/mol. The van der Waals surface area contributed by atoms with E-state index in [1.807, 2.05) is 13.0 Å². The van der Waals surface area contributed by atoms with Gasteiger partial charge in [0, 0.05) is 0 Å². The van der Waals surface area contributed by atoms with Crippen molar-refractivity contribution < 1.29 is 4.79 Å². The van der Waals surface area contributed by atoms with E-state index < -0.39 is 0 Å². The molecule has 0 aromatic heterocycles. The third-order valence-electron chi connectivity index (χ3n) is 1.30. The highest BCUT2D eigenvalue weighted by Crippen LogP contribution is 2.19. The van der Waals surface area contributed by atoms with E-state index in [2.05, 4.69) is 0 Å². The fraction of sp³-hybridized carbons (Fsp3) is 0.500. The van der Waals surface area contributed by atoms with Crippen LogP contribution in [0.5, 0.6) is 0 Å². The minimum atomic E-state index is -0.296. The molecule has 1 rings (SSSR count). The van der Waals surface area contributed by atoms with Crippen molar-refractivity contribution in [3.63, 3.8) is 0 Å². The Labute approximate surface area is 53.3 Å². The first-order valence-corrected chi connectivity index (χ1v) is 3.01. The normalized spacial score (nSPS) is 36.5. The third kappa shape index (κ3) is 0.781. The SMILES string of the molecule is C[C@H]1C=CC(=O)[C@H]1Cl. The van der Waals surface area contributed by atoms with Crippen LogP contribution in [0.3, 0.4) is 0 Å². The lowest BCUT2D eigenvalue weighted by atomic mass is 10.1. The Hall–Kier alpha value is -0.300. The van der Waals surface area contributed by atoms with Gasteiger partial charge in [-0.3, -0.25) is 4.79 Å². The first-order chi connectivity index (χ1) is 3.72. The molecule has 0 aliphatic heterocycles. The molecule has 0 radical (unpaired) electrons. The van der Waals surface area contributed by atoms with Crippen LogP contribution in [0.15, 0.2) is 12.2 Å². The minimum absolute atomic E-state index is 0.0409. The summed E-state index contributed by atoms with van der Waals surface area (Å²) in [7, 11) is 0. The van der Waals surface area contributed by atoms with Gasteiger partial charge in [0.15, 0.2) is 5.78 Å². The summed E-state index contributed by atoms with van der Waals surface area (Å²) in [6.45, 7) is 1.93. The number of hydrogen-bond donors (Lipinski definition) is 0. The second-order valence-electron chi connectivity index (χ2n) is 2.02. The van der Waals surface area contributed by atoms with Crippen LogP contribution in [0.25, 0.3) is 0 Å². The number of rotatable bonds is 0. The summed E-state index contributed by atoms with van der Waals surface area (Å²) < 4.78 is 0. The number of alkyl halides is 1. The molecule has 2 atom stereocenters. The van der Waals surface area contributed by atoms with E-state index in [0.29, 0.717) is 0 Å². The zero-order valence-corrected chi connectivity index (χ0v) is 5.35. The van der Waals surface area contributed by atoms with Crippen molar-refractivity contribution in [3.8, 4) is 0 Å². The van der Waals surface area contributed by atoms with Gasteiger partial charge in [0.05, 0.1) is 0 Å². The number of allylic oxidation sites excluding steroid dienone is 2. The van der Waals surface area contributed by atoms with E-state index in [4.69, 9.17) is 11.6 Å². The average Bonchev–Trinajstić information content (AvgIpc) is 1.98. The summed E-state index contributed by atoms with van der Waals surface area (Å²) in [6.07, 6.45) is 3.38. The van der Waals surface area contributed by atoms with Gasteiger partial charge >= 0.3 is 0 Å². The van der Waals surface area contributed by atoms with Crippen molar-refractivity contribution in [3.05, 3.63) is 12.2 Å². The first-order valence-electron chi connectivity index (χ1n) is 2.58. The molecule has 1 aliphatic rings. The molecule has 0 spiro atoms. The van der Waals surface area contributed by atoms with E-state index >= 15 is 0 Å². The number of carbonyl (C=O) groups is 1. The van der Waals surface area contributed by atoms with E-state index in [1.54, 1.807) is 6.08 Å². The zero-order chi connectivity index (χ0) is 6.15. The van der Waals surface area contributed by atoms with Crippen molar-refractivity contribution >= 4 is 17.4 Å². The Kier molecular flexibility index (Phi) is 1.39. The summed E-state index contributed by atoms with van der Waals surface area (Å²) in [5.41, 5.74) is 0. The number of carbonyl (C=O) groups excluding carboxylic acids is 1. The van der Waals surface area contributed by atoms with Gasteiger partial charge in [-0.1, -0.05) is 13.0 Å². The topological polar surface area (TPSA) is 17.1 Å². The molecule has 8 heavy (non-hydrogen) atoms. The van der Waals surface area contributed by atoms with Crippen LogP contribution >= 0.6 is 11.6 Å². The Bertz CT molecular complexity index is 139. The van der Waals surface area contributed by atoms with Gasteiger partial charge in [0.1, 0.15) is 5.38 Å². The molecule has 1 aliphatic carbocycles. The third-order valence-corrected chi connectivity index (χ3v) is 1.91. The fourth-order valence-corrected chi connectivity index (χ4v) is 0.852. The molecule has 0 bridgehead atoms. The molecule has 0 saturated heterocycles. The van der Waals surface area contributed by atoms with Gasteiger partial charge in [0.25, 0.3) is 0 Å². The summed E-state index contributed by atoms with van der Waals surface area (Å²) >= 11 is 5.60. The van der Waals surface area contributed by atoms with Crippen molar-refractivity contribution in [1.29, 1.82) is 0 Å². The van der Waals surface area contributed by atoms with Gasteiger partial charge < -0.3 is 0 Å². The van der Waals surface area contributed by atoms with Gasteiger partial charge in [-0.25, -0.2) is 0 Å². The quantitative estimate of drug-likeness (QED) is 0.453. The maximum Gasteiger partial charge on any atom is 0.173 e. The highest BCUT2D eigenvalue weighted by molar-refractivity contribution is 6.34. The average molecular weight is 131 g/mol. The van der Waals surface area contributed by atoms with Gasteiger partial charge in [-0.2, -0.15) is 0 Å². The number of ketones is 1. The smallest absolute Gasteiger partial charge is 0.173 e. The van der Waals surface area contributed by atoms with E-state index in [0.717, 1.165) is 0 Å². The molecule has 0 unspecified atom stereocenters. The molecular formula is C6H7ClO. The lowest BCUT2D eigenvalue weighted by Crippen LogP contribution is -2.11. The van der Waals surface area contributed by atoms with Gasteiger partial charge in [0.2, 0.25) is 0 Å². The molecule has 44 valence electrons. The maximum atomic E-state index is 10.6. The van der Waals surface area contributed by atoms with Crippen LogP contribution in [0.4, 0.5) is 0 Å². The lowest BCUT2D eigenvalue weighted by molar-refractivity contribution is -0.114. The Morgan fingerprint density at radius 1 is 1.75 bits per heavy atom. The summed E-state index contributed by atoms with van der Waals surface area (Å²) in [5, 5.41) is -0.296. The zero-order valence-electron chi connectivity index (χ0n) is 4.60. The van der Waals surface area contributed by atoms with Crippen LogP contribution < -0.4 is 0 Å². The minimum Gasteiger partial charge on any atom is -0.293 e. The van der Waals surface area contributed by atoms with E-state index in [-0.39, 0.29) is 17.1 Å². The Morgan fingerprint density at radius 2 is 2.38 bits per heavy atom. The Balaban J connectivity index is 2.69. The van der Waals surface area contributed by atoms with E-state index in [9.17, 15) is 4.79 Å². The highest BCUT2D eigenvalue weighted by atomic mass is 35.5. The highest BCUT2D eigenvalue weighted by Gasteiger charge is 2.23. The van der Waals surface area contributed by atoms with Crippen molar-refractivity contribution in [1.82, 2.24) is 0 Å². The van der Waals surface area contributed by atoms with Crippen LogP contribution in [0.1, 0.15) is 6.92 Å². The molecule has 0 saturated carbocycles. The molecule has 1 nitrogen and oxygen atoms in total. The molecular weight excluding hydrogens is 124 g/mol. The molecule has 2 heteroatoms. The van der Waals surface area contributed by atoms with Crippen molar-refractivity contribution in [2.45, 2.75) is 12.3 Å². The largest absolute Gasteiger partial charge is 0.293 e. The summed E-state index contributed by atoms with van der Waals surface area (Å²) in [5.74, 6) is 0.267. The van der Waals surface area contributed by atoms with Crippen LogP contribution in [-0.2, 0) is 4.79 Å². The van der Waals surface area contributed by atoms with Crippen molar-refractivity contribution in [2.75, 3.05) is 0 Å². The number of hydrogen-bond acceptors (Lipinski definition) is 1. The molecule has 0 N–H and O–H groups in total. The summed E-state index contributed by atoms with van der Waals surface area (Å²) in [4.78, 5) is 10.6. The molecule has 0 aromatic rings. The fourth-order valence-electron chi connectivity index (χ4n) is 0.695. The van der Waals surface area contributed by atoms with Crippen LogP contribution in [0, 0.1) is 5.92 Å². The first kappa shape index (κ1) is 5.83. The predicted octanol–water partition coefficient (Wildman–Crippen LogP) is 1.37. The standard InChI is InChI=1S/C6H7ClO/c1-4-2-3-5(8)6(4)7/h2-4,6H,1H3/t4-,6-/m0/s1.